The Labute approximate surface area is 154 Å². The van der Waals surface area contributed by atoms with Gasteiger partial charge in [-0.05, 0) is 44.9 Å². The van der Waals surface area contributed by atoms with Crippen LogP contribution < -0.4 is 5.32 Å². The molecular formula is C18H36N4O2S. The standard InChI is InChI=1S/C18H36N4O2S/c1-4-19-17(20-13-9-14-21(3)25(23,24)5-2)22-15-12-18(16-22)10-7-6-8-11-18/h4-16H2,1-3H3,(H,19,20). The zero-order valence-electron chi connectivity index (χ0n) is 16.3. The number of hydrogen-bond acceptors (Lipinski definition) is 3. The van der Waals surface area contributed by atoms with Crippen LogP contribution in [-0.2, 0) is 10.0 Å². The zero-order valence-corrected chi connectivity index (χ0v) is 17.1. The van der Waals surface area contributed by atoms with Gasteiger partial charge in [0.1, 0.15) is 0 Å². The van der Waals surface area contributed by atoms with Crippen molar-refractivity contribution in [2.75, 3.05) is 45.5 Å². The van der Waals surface area contributed by atoms with Crippen LogP contribution >= 0.6 is 0 Å². The normalized spacial score (nSPS) is 21.3. The average Bonchev–Trinajstić information content (AvgIpc) is 3.01. The summed E-state index contributed by atoms with van der Waals surface area (Å²) < 4.78 is 25.0. The van der Waals surface area contributed by atoms with Gasteiger partial charge in [0, 0.05) is 39.8 Å². The Hall–Kier alpha value is -0.820. The summed E-state index contributed by atoms with van der Waals surface area (Å²) in [5.41, 5.74) is 0.518. The van der Waals surface area contributed by atoms with Crippen LogP contribution in [0, 0.1) is 5.41 Å². The van der Waals surface area contributed by atoms with Crippen molar-refractivity contribution >= 4 is 16.0 Å². The largest absolute Gasteiger partial charge is 0.357 e. The molecule has 0 aromatic rings. The molecule has 0 amide bonds. The summed E-state index contributed by atoms with van der Waals surface area (Å²) in [5.74, 6) is 1.16. The summed E-state index contributed by atoms with van der Waals surface area (Å²) in [7, 11) is -1.43. The fourth-order valence-electron chi connectivity index (χ4n) is 4.09. The molecule has 6 nitrogen and oxygen atoms in total. The van der Waals surface area contributed by atoms with Crippen LogP contribution in [0.1, 0.15) is 58.8 Å². The predicted molar refractivity (Wildman–Crippen MR) is 104 cm³/mol. The van der Waals surface area contributed by atoms with Gasteiger partial charge in [-0.3, -0.25) is 4.99 Å². The van der Waals surface area contributed by atoms with E-state index in [9.17, 15) is 8.42 Å². The number of nitrogens with zero attached hydrogens (tertiary/aromatic N) is 3. The van der Waals surface area contributed by atoms with Gasteiger partial charge in [0.2, 0.25) is 10.0 Å². The van der Waals surface area contributed by atoms with E-state index >= 15 is 0 Å². The maximum Gasteiger partial charge on any atom is 0.213 e. The van der Waals surface area contributed by atoms with Crippen LogP contribution in [0.5, 0.6) is 0 Å². The highest BCUT2D eigenvalue weighted by Crippen LogP contribution is 2.43. The number of rotatable bonds is 7. The molecule has 1 spiro atoms. The molecule has 1 aliphatic carbocycles. The Morgan fingerprint density at radius 2 is 1.92 bits per heavy atom. The third-order valence-corrected chi connectivity index (χ3v) is 7.58. The molecule has 7 heteroatoms. The first-order chi connectivity index (χ1) is 11.9. The smallest absolute Gasteiger partial charge is 0.213 e. The van der Waals surface area contributed by atoms with Gasteiger partial charge in [0.25, 0.3) is 0 Å². The second-order valence-electron chi connectivity index (χ2n) is 7.54. The molecule has 0 radical (unpaired) electrons. The van der Waals surface area contributed by atoms with Gasteiger partial charge >= 0.3 is 0 Å². The lowest BCUT2D eigenvalue weighted by Gasteiger charge is -2.33. The molecule has 2 fully saturated rings. The zero-order chi connectivity index (χ0) is 18.3. The average molecular weight is 373 g/mol. The van der Waals surface area contributed by atoms with E-state index in [-0.39, 0.29) is 5.75 Å². The fourth-order valence-corrected chi connectivity index (χ4v) is 4.94. The van der Waals surface area contributed by atoms with Crippen molar-refractivity contribution in [1.82, 2.24) is 14.5 Å². The van der Waals surface area contributed by atoms with E-state index in [1.54, 1.807) is 14.0 Å². The van der Waals surface area contributed by atoms with Crippen molar-refractivity contribution < 1.29 is 8.42 Å². The van der Waals surface area contributed by atoms with Gasteiger partial charge in [0.05, 0.1) is 5.75 Å². The first-order valence-electron chi connectivity index (χ1n) is 9.90. The van der Waals surface area contributed by atoms with Gasteiger partial charge < -0.3 is 10.2 Å². The highest BCUT2D eigenvalue weighted by Gasteiger charge is 2.39. The molecule has 0 bridgehead atoms. The minimum atomic E-state index is -3.08. The molecule has 1 saturated heterocycles. The Morgan fingerprint density at radius 1 is 1.20 bits per heavy atom. The number of nitrogens with one attached hydrogen (secondary N) is 1. The highest BCUT2D eigenvalue weighted by atomic mass is 32.2. The quantitative estimate of drug-likeness (QED) is 0.423. The summed E-state index contributed by atoms with van der Waals surface area (Å²) in [6, 6.07) is 0. The molecule has 146 valence electrons. The number of hydrogen-bond donors (Lipinski definition) is 1. The van der Waals surface area contributed by atoms with E-state index < -0.39 is 10.0 Å². The second kappa shape index (κ2) is 9.21. The molecule has 0 aromatic heterocycles. The van der Waals surface area contributed by atoms with Gasteiger partial charge in [-0.2, -0.15) is 0 Å². The van der Waals surface area contributed by atoms with E-state index in [2.05, 4.69) is 17.1 Å². The van der Waals surface area contributed by atoms with Gasteiger partial charge in [-0.25, -0.2) is 12.7 Å². The molecule has 2 rings (SSSR count). The molecule has 0 atom stereocenters. The van der Waals surface area contributed by atoms with E-state index in [1.807, 2.05) is 0 Å². The number of guanidine groups is 1. The van der Waals surface area contributed by atoms with Crippen LogP contribution in [0.4, 0.5) is 0 Å². The molecule has 0 aromatic carbocycles. The van der Waals surface area contributed by atoms with Crippen LogP contribution in [-0.4, -0.2) is 69.1 Å². The van der Waals surface area contributed by atoms with Crippen molar-refractivity contribution in [2.24, 2.45) is 10.4 Å². The lowest BCUT2D eigenvalue weighted by molar-refractivity contribution is 0.203. The molecule has 1 N–H and O–H groups in total. The van der Waals surface area contributed by atoms with Crippen molar-refractivity contribution in [3.8, 4) is 0 Å². The van der Waals surface area contributed by atoms with Gasteiger partial charge in [-0.1, -0.05) is 19.3 Å². The van der Waals surface area contributed by atoms with Gasteiger partial charge in [-0.15, -0.1) is 0 Å². The predicted octanol–water partition coefficient (Wildman–Crippen LogP) is 2.28. The monoisotopic (exact) mass is 372 g/mol. The molecular weight excluding hydrogens is 336 g/mol. The molecule has 1 saturated carbocycles. The number of sulfonamides is 1. The van der Waals surface area contributed by atoms with E-state index in [0.717, 1.165) is 32.0 Å². The summed E-state index contributed by atoms with van der Waals surface area (Å²) >= 11 is 0. The maximum absolute atomic E-state index is 11.8. The third kappa shape index (κ3) is 5.58. The van der Waals surface area contributed by atoms with Gasteiger partial charge in [0.15, 0.2) is 5.96 Å². The minimum absolute atomic E-state index is 0.158. The van der Waals surface area contributed by atoms with Crippen molar-refractivity contribution in [3.63, 3.8) is 0 Å². The van der Waals surface area contributed by atoms with Crippen LogP contribution in [0.15, 0.2) is 4.99 Å². The highest BCUT2D eigenvalue weighted by molar-refractivity contribution is 7.89. The van der Waals surface area contributed by atoms with Crippen LogP contribution in [0.2, 0.25) is 0 Å². The SMILES string of the molecule is CCNC(=NCCCN(C)S(=O)(=O)CC)N1CCC2(CCCCC2)C1. The Kier molecular flexibility index (Phi) is 7.55. The topological polar surface area (TPSA) is 65.0 Å². The third-order valence-electron chi connectivity index (χ3n) is 5.72. The van der Waals surface area contributed by atoms with Crippen molar-refractivity contribution in [3.05, 3.63) is 0 Å². The Morgan fingerprint density at radius 3 is 2.56 bits per heavy atom. The molecule has 2 aliphatic rings. The van der Waals surface area contributed by atoms with Crippen LogP contribution in [0.3, 0.4) is 0 Å². The summed E-state index contributed by atoms with van der Waals surface area (Å²) in [6.07, 6.45) is 8.91. The van der Waals surface area contributed by atoms with Crippen molar-refractivity contribution in [1.29, 1.82) is 0 Å². The lowest BCUT2D eigenvalue weighted by atomic mass is 9.73. The van der Waals surface area contributed by atoms with E-state index in [4.69, 9.17) is 4.99 Å². The number of aliphatic imine (C=N–C) groups is 1. The molecule has 0 unspecified atom stereocenters. The molecule has 25 heavy (non-hydrogen) atoms. The minimum Gasteiger partial charge on any atom is -0.357 e. The van der Waals surface area contributed by atoms with E-state index in [0.29, 0.717) is 18.5 Å². The van der Waals surface area contributed by atoms with E-state index in [1.165, 1.54) is 42.8 Å². The first-order valence-corrected chi connectivity index (χ1v) is 11.5. The lowest BCUT2D eigenvalue weighted by Crippen LogP contribution is -2.41. The molecule has 1 aliphatic heterocycles. The summed E-state index contributed by atoms with van der Waals surface area (Å²) in [6.45, 7) is 8.06. The van der Waals surface area contributed by atoms with Crippen molar-refractivity contribution in [2.45, 2.75) is 58.8 Å². The number of likely N-dealkylation sites (tertiary alicyclic amines) is 1. The Bertz CT molecular complexity index is 541. The maximum atomic E-state index is 11.8. The van der Waals surface area contributed by atoms with Crippen LogP contribution in [0.25, 0.3) is 0 Å². The Balaban J connectivity index is 1.86. The summed E-state index contributed by atoms with van der Waals surface area (Å²) in [5, 5.41) is 3.42. The molecule has 1 heterocycles. The fraction of sp³-hybridized carbons (Fsp3) is 0.944. The second-order valence-corrected chi connectivity index (χ2v) is 9.91. The first kappa shape index (κ1) is 20.5. The summed E-state index contributed by atoms with van der Waals surface area (Å²) in [4.78, 5) is 7.18.